The van der Waals surface area contributed by atoms with Gasteiger partial charge in [-0.15, -0.1) is 0 Å². The van der Waals surface area contributed by atoms with Gasteiger partial charge < -0.3 is 15.2 Å². The minimum Gasteiger partial charge on any atom is -0.342 e. The molecule has 0 saturated carbocycles. The number of nitrogens with zero attached hydrogens (tertiary/aromatic N) is 2. The summed E-state index contributed by atoms with van der Waals surface area (Å²) >= 11 is 0. The molecule has 0 bridgehead atoms. The van der Waals surface area contributed by atoms with Crippen LogP contribution >= 0.6 is 0 Å². The van der Waals surface area contributed by atoms with Gasteiger partial charge in [-0.3, -0.25) is 0 Å². The third kappa shape index (κ3) is 4.38. The first-order chi connectivity index (χ1) is 13.8. The Morgan fingerprint density at radius 1 is 0.893 bits per heavy atom. The molecule has 0 saturated heterocycles. The van der Waals surface area contributed by atoms with Crippen molar-refractivity contribution in [1.82, 2.24) is 14.9 Å². The largest absolute Gasteiger partial charge is 0.342 e. The lowest BCUT2D eigenvalue weighted by molar-refractivity contribution is 0.209. The molecule has 1 aromatic heterocycles. The molecule has 140 valence electrons. The van der Waals surface area contributed by atoms with Crippen molar-refractivity contribution in [2.24, 2.45) is 0 Å². The normalized spacial score (nSPS) is 10.7. The molecular formula is C23H22N4O. The molecular weight excluding hydrogens is 348 g/mol. The number of imidazole rings is 1. The number of para-hydroxylation sites is 3. The molecule has 0 fully saturated rings. The number of rotatable bonds is 6. The number of carbonyl (C=O) groups excluding carboxylic acids is 1. The molecule has 0 aliphatic carbocycles. The molecule has 28 heavy (non-hydrogen) atoms. The van der Waals surface area contributed by atoms with E-state index in [1.54, 1.807) is 0 Å². The average molecular weight is 370 g/mol. The Morgan fingerprint density at radius 3 is 2.32 bits per heavy atom. The standard InChI is InChI=1S/C23H22N4O/c28-23(24-19-11-5-2-6-12-19)27(17-18-9-3-1-4-10-18)16-15-22-25-20-13-7-8-14-21(20)26-22/h1-14H,15-17H2,(H,24,28)(H,25,26). The number of H-pyrrole nitrogens is 1. The maximum absolute atomic E-state index is 12.9. The summed E-state index contributed by atoms with van der Waals surface area (Å²) in [5.74, 6) is 0.881. The van der Waals surface area contributed by atoms with E-state index in [4.69, 9.17) is 0 Å². The van der Waals surface area contributed by atoms with Gasteiger partial charge in [0.05, 0.1) is 11.0 Å². The van der Waals surface area contributed by atoms with Gasteiger partial charge in [-0.05, 0) is 29.8 Å². The third-order valence-corrected chi connectivity index (χ3v) is 4.59. The van der Waals surface area contributed by atoms with Crippen LogP contribution in [-0.4, -0.2) is 27.4 Å². The van der Waals surface area contributed by atoms with Crippen molar-refractivity contribution in [2.75, 3.05) is 11.9 Å². The maximum Gasteiger partial charge on any atom is 0.322 e. The number of aromatic nitrogens is 2. The van der Waals surface area contributed by atoms with E-state index in [-0.39, 0.29) is 6.03 Å². The molecule has 3 aromatic carbocycles. The zero-order valence-corrected chi connectivity index (χ0v) is 15.5. The van der Waals surface area contributed by atoms with Gasteiger partial charge in [-0.2, -0.15) is 0 Å². The summed E-state index contributed by atoms with van der Waals surface area (Å²) in [7, 11) is 0. The molecule has 0 aliphatic rings. The van der Waals surface area contributed by atoms with Gasteiger partial charge in [0.15, 0.2) is 0 Å². The molecule has 4 aromatic rings. The van der Waals surface area contributed by atoms with E-state index in [0.29, 0.717) is 19.5 Å². The van der Waals surface area contributed by atoms with E-state index in [2.05, 4.69) is 15.3 Å². The smallest absolute Gasteiger partial charge is 0.322 e. The summed E-state index contributed by atoms with van der Waals surface area (Å²) in [6, 6.07) is 27.4. The average Bonchev–Trinajstić information content (AvgIpc) is 3.15. The lowest BCUT2D eigenvalue weighted by Gasteiger charge is -2.23. The van der Waals surface area contributed by atoms with E-state index in [1.165, 1.54) is 0 Å². The van der Waals surface area contributed by atoms with Crippen LogP contribution in [0.25, 0.3) is 11.0 Å². The predicted molar refractivity (Wildman–Crippen MR) is 112 cm³/mol. The van der Waals surface area contributed by atoms with Crippen LogP contribution in [0.4, 0.5) is 10.5 Å². The van der Waals surface area contributed by atoms with E-state index < -0.39 is 0 Å². The number of aromatic amines is 1. The Balaban J connectivity index is 1.49. The number of carbonyl (C=O) groups is 1. The highest BCUT2D eigenvalue weighted by Gasteiger charge is 2.15. The highest BCUT2D eigenvalue weighted by molar-refractivity contribution is 5.89. The summed E-state index contributed by atoms with van der Waals surface area (Å²) in [6.45, 7) is 1.10. The monoisotopic (exact) mass is 370 g/mol. The van der Waals surface area contributed by atoms with Gasteiger partial charge in [-0.1, -0.05) is 60.7 Å². The summed E-state index contributed by atoms with van der Waals surface area (Å²) in [5.41, 5.74) is 3.84. The van der Waals surface area contributed by atoms with E-state index in [9.17, 15) is 4.79 Å². The van der Waals surface area contributed by atoms with Gasteiger partial charge in [0.2, 0.25) is 0 Å². The van der Waals surface area contributed by atoms with Crippen molar-refractivity contribution >= 4 is 22.8 Å². The number of hydrogen-bond donors (Lipinski definition) is 2. The molecule has 0 aliphatic heterocycles. The van der Waals surface area contributed by atoms with Crippen LogP contribution in [0.3, 0.4) is 0 Å². The number of amides is 2. The SMILES string of the molecule is O=C(Nc1ccccc1)N(CCc1nc2ccccc2[nH]1)Cc1ccccc1. The van der Waals surface area contributed by atoms with Gasteiger partial charge in [0, 0.05) is 25.2 Å². The van der Waals surface area contributed by atoms with Crippen molar-refractivity contribution in [3.63, 3.8) is 0 Å². The van der Waals surface area contributed by atoms with Crippen LogP contribution in [0.1, 0.15) is 11.4 Å². The molecule has 4 rings (SSSR count). The fourth-order valence-electron chi connectivity index (χ4n) is 3.15. The number of nitrogens with one attached hydrogen (secondary N) is 2. The summed E-state index contributed by atoms with van der Waals surface area (Å²) in [5, 5.41) is 2.98. The third-order valence-electron chi connectivity index (χ3n) is 4.59. The predicted octanol–water partition coefficient (Wildman–Crippen LogP) is 4.84. The van der Waals surface area contributed by atoms with E-state index >= 15 is 0 Å². The quantitative estimate of drug-likeness (QED) is 0.510. The van der Waals surface area contributed by atoms with Crippen molar-refractivity contribution < 1.29 is 4.79 Å². The second-order valence-electron chi connectivity index (χ2n) is 6.65. The number of fused-ring (bicyclic) bond motifs is 1. The Hall–Kier alpha value is -3.60. The second-order valence-corrected chi connectivity index (χ2v) is 6.65. The summed E-state index contributed by atoms with van der Waals surface area (Å²) in [4.78, 5) is 22.7. The first-order valence-corrected chi connectivity index (χ1v) is 9.36. The molecule has 0 atom stereocenters. The van der Waals surface area contributed by atoms with Crippen LogP contribution in [0, 0.1) is 0 Å². The molecule has 1 heterocycles. The van der Waals surface area contributed by atoms with Crippen molar-refractivity contribution in [3.8, 4) is 0 Å². The van der Waals surface area contributed by atoms with Crippen molar-refractivity contribution in [2.45, 2.75) is 13.0 Å². The second kappa shape index (κ2) is 8.39. The van der Waals surface area contributed by atoms with E-state index in [0.717, 1.165) is 28.1 Å². The van der Waals surface area contributed by atoms with E-state index in [1.807, 2.05) is 89.8 Å². The van der Waals surface area contributed by atoms with Crippen LogP contribution in [0.5, 0.6) is 0 Å². The highest BCUT2D eigenvalue weighted by Crippen LogP contribution is 2.13. The summed E-state index contributed by atoms with van der Waals surface area (Å²) in [6.07, 6.45) is 0.656. The molecule has 2 N–H and O–H groups in total. The summed E-state index contributed by atoms with van der Waals surface area (Å²) < 4.78 is 0. The van der Waals surface area contributed by atoms with Crippen molar-refractivity contribution in [3.05, 3.63) is 96.3 Å². The molecule has 2 amide bonds. The first-order valence-electron chi connectivity index (χ1n) is 9.36. The Bertz CT molecular complexity index is 1010. The fourth-order valence-corrected chi connectivity index (χ4v) is 3.15. The molecule has 5 heteroatoms. The minimum atomic E-state index is -0.119. The topological polar surface area (TPSA) is 61.0 Å². The number of anilines is 1. The maximum atomic E-state index is 12.9. The Kier molecular flexibility index (Phi) is 5.33. The molecule has 5 nitrogen and oxygen atoms in total. The lowest BCUT2D eigenvalue weighted by atomic mass is 10.2. The van der Waals surface area contributed by atoms with Crippen LogP contribution < -0.4 is 5.32 Å². The first kappa shape index (κ1) is 17.8. The van der Waals surface area contributed by atoms with Crippen LogP contribution in [0.2, 0.25) is 0 Å². The van der Waals surface area contributed by atoms with Gasteiger partial charge in [-0.25, -0.2) is 9.78 Å². The van der Waals surface area contributed by atoms with Gasteiger partial charge in [0.1, 0.15) is 5.82 Å². The molecule has 0 radical (unpaired) electrons. The van der Waals surface area contributed by atoms with Crippen molar-refractivity contribution in [1.29, 1.82) is 0 Å². The Morgan fingerprint density at radius 2 is 1.57 bits per heavy atom. The number of urea groups is 1. The molecule has 0 unspecified atom stereocenters. The van der Waals surface area contributed by atoms with Crippen LogP contribution in [-0.2, 0) is 13.0 Å². The highest BCUT2D eigenvalue weighted by atomic mass is 16.2. The van der Waals surface area contributed by atoms with Gasteiger partial charge >= 0.3 is 6.03 Å². The zero-order chi connectivity index (χ0) is 19.2. The zero-order valence-electron chi connectivity index (χ0n) is 15.5. The minimum absolute atomic E-state index is 0.119. The molecule has 0 spiro atoms. The number of benzene rings is 3. The van der Waals surface area contributed by atoms with Crippen LogP contribution in [0.15, 0.2) is 84.9 Å². The number of hydrogen-bond acceptors (Lipinski definition) is 2. The fraction of sp³-hybridized carbons (Fsp3) is 0.130. The Labute approximate surface area is 164 Å². The lowest BCUT2D eigenvalue weighted by Crippen LogP contribution is -2.36. The van der Waals surface area contributed by atoms with Gasteiger partial charge in [0.25, 0.3) is 0 Å².